The first-order valence-corrected chi connectivity index (χ1v) is 16.8. The van der Waals surface area contributed by atoms with Gasteiger partial charge in [0, 0.05) is 12.6 Å². The van der Waals surface area contributed by atoms with Crippen molar-refractivity contribution in [2.75, 3.05) is 26.3 Å². The number of aliphatic hydroxyl groups excluding tert-OH is 2. The Morgan fingerprint density at radius 3 is 1.08 bits per heavy atom. The minimum Gasteiger partial charge on any atom is -0.395 e. The first-order valence-electron chi connectivity index (χ1n) is 16.8. The first kappa shape index (κ1) is 35.9. The lowest BCUT2D eigenvalue weighted by atomic mass is 10.0. The fraction of sp³-hybridized carbons (Fsp3) is 1.00. The number of hydrogen-bond donors (Lipinski definition) is 2. The molecule has 3 nitrogen and oxygen atoms in total. The Hall–Kier alpha value is -0.120. The van der Waals surface area contributed by atoms with Gasteiger partial charge >= 0.3 is 0 Å². The van der Waals surface area contributed by atoms with Gasteiger partial charge in [0.1, 0.15) is 0 Å². The molecule has 1 atom stereocenters. The van der Waals surface area contributed by atoms with Crippen LogP contribution < -0.4 is 0 Å². The molecule has 0 saturated carbocycles. The lowest BCUT2D eigenvalue weighted by Crippen LogP contribution is -2.40. The predicted molar refractivity (Wildman–Crippen MR) is 161 cm³/mol. The molecule has 0 rings (SSSR count). The maximum absolute atomic E-state index is 9.98. The van der Waals surface area contributed by atoms with E-state index in [4.69, 9.17) is 0 Å². The van der Waals surface area contributed by atoms with Gasteiger partial charge in [-0.05, 0) is 19.4 Å². The Balaban J connectivity index is 3.65. The molecule has 218 valence electrons. The van der Waals surface area contributed by atoms with Crippen molar-refractivity contribution in [2.24, 2.45) is 0 Å². The summed E-state index contributed by atoms with van der Waals surface area (Å²) in [5.74, 6) is 0. The molecule has 0 amide bonds. The van der Waals surface area contributed by atoms with Crippen LogP contribution in [0.4, 0.5) is 0 Å². The highest BCUT2D eigenvalue weighted by molar-refractivity contribution is 4.71. The Bertz CT molecular complexity index is 390. The maximum atomic E-state index is 9.98. The zero-order valence-corrected chi connectivity index (χ0v) is 25.1. The van der Waals surface area contributed by atoms with E-state index in [0.29, 0.717) is 6.54 Å². The van der Waals surface area contributed by atoms with Gasteiger partial charge in [0.05, 0.1) is 13.2 Å². The summed E-state index contributed by atoms with van der Waals surface area (Å²) >= 11 is 0. The quantitative estimate of drug-likeness (QED) is 0.0910. The summed E-state index contributed by atoms with van der Waals surface area (Å²) in [6.45, 7) is 6.74. The van der Waals surface area contributed by atoms with Crippen LogP contribution in [0.5, 0.6) is 0 Å². The summed E-state index contributed by atoms with van der Waals surface area (Å²) in [4.78, 5) is 2.36. The summed E-state index contributed by atoms with van der Waals surface area (Å²) < 4.78 is 0. The van der Waals surface area contributed by atoms with Gasteiger partial charge in [0.2, 0.25) is 0 Å². The molecule has 0 aliphatic carbocycles. The molecule has 0 aromatic carbocycles. The van der Waals surface area contributed by atoms with E-state index in [2.05, 4.69) is 18.7 Å². The molecule has 3 heteroatoms. The molecule has 0 aliphatic heterocycles. The molecular weight excluding hydrogens is 442 g/mol. The molecule has 36 heavy (non-hydrogen) atoms. The summed E-state index contributed by atoms with van der Waals surface area (Å²) in [5, 5.41) is 19.5. The van der Waals surface area contributed by atoms with E-state index in [1.807, 2.05) is 0 Å². The molecule has 0 aromatic heterocycles. The van der Waals surface area contributed by atoms with Crippen LogP contribution in [0.3, 0.4) is 0 Å². The molecule has 0 bridgehead atoms. The molecule has 0 spiro atoms. The molecule has 0 aromatic rings. The van der Waals surface area contributed by atoms with Crippen molar-refractivity contribution in [3.8, 4) is 0 Å². The minimum absolute atomic E-state index is 0.202. The van der Waals surface area contributed by atoms with E-state index in [0.717, 1.165) is 13.0 Å². The smallest absolute Gasteiger partial charge is 0.0586 e. The number of unbranched alkanes of at least 4 members (excludes halogenated alkanes) is 23. The second kappa shape index (κ2) is 31.1. The van der Waals surface area contributed by atoms with Crippen LogP contribution in [-0.4, -0.2) is 47.5 Å². The molecule has 0 heterocycles. The topological polar surface area (TPSA) is 43.7 Å². The van der Waals surface area contributed by atoms with E-state index in [-0.39, 0.29) is 19.3 Å². The van der Waals surface area contributed by atoms with Crippen LogP contribution in [0.15, 0.2) is 0 Å². The van der Waals surface area contributed by atoms with Gasteiger partial charge < -0.3 is 10.2 Å². The van der Waals surface area contributed by atoms with E-state index in [1.54, 1.807) is 0 Å². The van der Waals surface area contributed by atoms with Crippen molar-refractivity contribution in [2.45, 2.75) is 187 Å². The van der Waals surface area contributed by atoms with Gasteiger partial charge in [-0.1, -0.05) is 168 Å². The number of aliphatic hydroxyl groups is 2. The van der Waals surface area contributed by atoms with Gasteiger partial charge in [-0.15, -0.1) is 0 Å². The monoisotopic (exact) mass is 512 g/mol. The fourth-order valence-electron chi connectivity index (χ4n) is 5.55. The number of rotatable bonds is 31. The highest BCUT2D eigenvalue weighted by atomic mass is 16.3. The van der Waals surface area contributed by atoms with Crippen molar-refractivity contribution >= 4 is 0 Å². The average molecular weight is 512 g/mol. The van der Waals surface area contributed by atoms with E-state index in [1.165, 1.54) is 161 Å². The highest BCUT2D eigenvalue weighted by Crippen LogP contribution is 2.16. The Morgan fingerprint density at radius 1 is 0.417 bits per heavy atom. The largest absolute Gasteiger partial charge is 0.395 e. The summed E-state index contributed by atoms with van der Waals surface area (Å²) in [5.41, 5.74) is 0. The molecule has 0 aliphatic rings. The predicted octanol–water partition coefficient (Wildman–Crippen LogP) is 9.82. The molecule has 2 N–H and O–H groups in total. The zero-order chi connectivity index (χ0) is 26.4. The molecular formula is C33H69NO2. The van der Waals surface area contributed by atoms with Crippen LogP contribution in [0.2, 0.25) is 0 Å². The summed E-state index contributed by atoms with van der Waals surface area (Å²) in [6.07, 6.45) is 35.5. The van der Waals surface area contributed by atoms with Crippen molar-refractivity contribution in [3.05, 3.63) is 0 Å². The number of nitrogens with zero attached hydrogens (tertiary/aromatic N) is 1. The lowest BCUT2D eigenvalue weighted by Gasteiger charge is -2.30. The van der Waals surface area contributed by atoms with Crippen molar-refractivity contribution in [1.29, 1.82) is 0 Å². The van der Waals surface area contributed by atoms with Crippen molar-refractivity contribution in [3.63, 3.8) is 0 Å². The van der Waals surface area contributed by atoms with Gasteiger partial charge in [0.15, 0.2) is 0 Å². The summed E-state index contributed by atoms with van der Waals surface area (Å²) in [7, 11) is 0. The Kier molecular flexibility index (Phi) is 31.0. The maximum Gasteiger partial charge on any atom is 0.0586 e. The SMILES string of the molecule is CCCCCCCCCCCCCCCCCC(CO)N(CCO)CCCCCCCCCCCC. The Labute approximate surface area is 228 Å². The Morgan fingerprint density at radius 2 is 0.750 bits per heavy atom. The normalized spacial score (nSPS) is 12.6. The van der Waals surface area contributed by atoms with Crippen LogP contribution in [0, 0.1) is 0 Å². The van der Waals surface area contributed by atoms with E-state index in [9.17, 15) is 10.2 Å². The molecule has 0 fully saturated rings. The van der Waals surface area contributed by atoms with Crippen molar-refractivity contribution < 1.29 is 10.2 Å². The third kappa shape index (κ3) is 25.5. The van der Waals surface area contributed by atoms with Gasteiger partial charge in [-0.25, -0.2) is 0 Å². The standard InChI is InChI=1S/C33H69NO2/c1-3-5-7-9-11-13-15-16-17-18-19-20-22-24-26-28-33(32-36)34(30-31-35)29-27-25-23-21-14-12-10-8-6-4-2/h33,35-36H,3-32H2,1-2H3. The van der Waals surface area contributed by atoms with E-state index >= 15 is 0 Å². The number of hydrogen-bond acceptors (Lipinski definition) is 3. The van der Waals surface area contributed by atoms with Crippen LogP contribution in [0.25, 0.3) is 0 Å². The van der Waals surface area contributed by atoms with E-state index < -0.39 is 0 Å². The third-order valence-corrected chi connectivity index (χ3v) is 8.05. The van der Waals surface area contributed by atoms with Crippen LogP contribution >= 0.6 is 0 Å². The molecule has 1 unspecified atom stereocenters. The zero-order valence-electron chi connectivity index (χ0n) is 25.1. The van der Waals surface area contributed by atoms with Gasteiger partial charge in [0.25, 0.3) is 0 Å². The fourth-order valence-corrected chi connectivity index (χ4v) is 5.55. The van der Waals surface area contributed by atoms with Gasteiger partial charge in [-0.3, -0.25) is 4.90 Å². The third-order valence-electron chi connectivity index (χ3n) is 8.05. The second-order valence-corrected chi connectivity index (χ2v) is 11.5. The van der Waals surface area contributed by atoms with Crippen LogP contribution in [0.1, 0.15) is 181 Å². The molecule has 0 saturated heterocycles. The average Bonchev–Trinajstić information content (AvgIpc) is 2.89. The minimum atomic E-state index is 0.202. The van der Waals surface area contributed by atoms with Crippen LogP contribution in [-0.2, 0) is 0 Å². The first-order chi connectivity index (χ1) is 17.8. The van der Waals surface area contributed by atoms with Gasteiger partial charge in [-0.2, -0.15) is 0 Å². The molecule has 0 radical (unpaired) electrons. The summed E-state index contributed by atoms with van der Waals surface area (Å²) in [6, 6.07) is 0.234. The highest BCUT2D eigenvalue weighted by Gasteiger charge is 2.16. The van der Waals surface area contributed by atoms with Crippen molar-refractivity contribution in [1.82, 2.24) is 4.90 Å². The lowest BCUT2D eigenvalue weighted by molar-refractivity contribution is 0.0926. The second-order valence-electron chi connectivity index (χ2n) is 11.5.